The molecule has 1 nitrogen and oxygen atoms in total. The number of ether oxygens (including phenoxy) is 1. The van der Waals surface area contributed by atoms with E-state index in [4.69, 9.17) is 4.74 Å². The van der Waals surface area contributed by atoms with Gasteiger partial charge in [0.15, 0.2) is 0 Å². The Balaban J connectivity index is 1.59. The van der Waals surface area contributed by atoms with Gasteiger partial charge in [0, 0.05) is 6.07 Å². The molecule has 0 saturated heterocycles. The van der Waals surface area contributed by atoms with Crippen LogP contribution >= 0.6 is 0 Å². The summed E-state index contributed by atoms with van der Waals surface area (Å²) in [5.74, 6) is 2.08. The van der Waals surface area contributed by atoms with E-state index >= 15 is 4.39 Å². The molecule has 0 aromatic heterocycles. The fourth-order valence-corrected chi connectivity index (χ4v) is 5.41. The van der Waals surface area contributed by atoms with Gasteiger partial charge in [-0.05, 0) is 79.7 Å². The first kappa shape index (κ1) is 19.4. The Morgan fingerprint density at radius 2 is 1.82 bits per heavy atom. The molecule has 2 aromatic rings. The topological polar surface area (TPSA) is 9.23 Å². The van der Waals surface area contributed by atoms with Crippen LogP contribution in [0.5, 0.6) is 5.75 Å². The Morgan fingerprint density at radius 3 is 2.64 bits per heavy atom. The van der Waals surface area contributed by atoms with E-state index in [1.807, 2.05) is 31.2 Å². The van der Waals surface area contributed by atoms with Crippen LogP contribution in [0.25, 0.3) is 10.8 Å². The average Bonchev–Trinajstić information content (AvgIpc) is 2.68. The van der Waals surface area contributed by atoms with E-state index in [-0.39, 0.29) is 17.1 Å². The number of hydrogen-bond acceptors (Lipinski definition) is 1. The van der Waals surface area contributed by atoms with Crippen LogP contribution in [0.15, 0.2) is 36.4 Å². The molecule has 4 atom stereocenters. The predicted molar refractivity (Wildman–Crippen MR) is 111 cm³/mol. The first-order valence-electron chi connectivity index (χ1n) is 10.7. The van der Waals surface area contributed by atoms with E-state index in [0.29, 0.717) is 29.2 Å². The number of halogens is 2. The highest BCUT2D eigenvalue weighted by Gasteiger charge is 2.35. The Kier molecular flexibility index (Phi) is 5.70. The van der Waals surface area contributed by atoms with Gasteiger partial charge in [0.1, 0.15) is 24.0 Å². The Labute approximate surface area is 166 Å². The van der Waals surface area contributed by atoms with Crippen molar-refractivity contribution in [3.8, 4) is 5.75 Å². The van der Waals surface area contributed by atoms with Crippen molar-refractivity contribution in [3.63, 3.8) is 0 Å². The number of hydrogen-bond donors (Lipinski definition) is 0. The first-order valence-corrected chi connectivity index (χ1v) is 10.7. The van der Waals surface area contributed by atoms with Gasteiger partial charge in [-0.1, -0.05) is 37.6 Å². The summed E-state index contributed by atoms with van der Waals surface area (Å²) in [5, 5.41) is 0.673. The van der Waals surface area contributed by atoms with Crippen molar-refractivity contribution in [1.82, 2.24) is 0 Å². The van der Waals surface area contributed by atoms with Gasteiger partial charge >= 0.3 is 0 Å². The molecule has 150 valence electrons. The molecule has 3 heteroatoms. The van der Waals surface area contributed by atoms with E-state index in [0.717, 1.165) is 24.7 Å². The fourth-order valence-electron chi connectivity index (χ4n) is 5.41. The quantitative estimate of drug-likeness (QED) is 0.499. The zero-order valence-electron chi connectivity index (χ0n) is 16.9. The SMILES string of the molecule is CC=CCOc1cc(F)c2c(F)c(C3CCC4CC(C)CCC4C3)ccc2c1. The molecule has 0 bridgehead atoms. The Bertz CT molecular complexity index is 872. The molecule has 0 heterocycles. The van der Waals surface area contributed by atoms with Crippen molar-refractivity contribution >= 4 is 10.8 Å². The van der Waals surface area contributed by atoms with Crippen molar-refractivity contribution in [2.45, 2.75) is 58.3 Å². The zero-order chi connectivity index (χ0) is 19.7. The standard InChI is InChI=1S/C25H30F2O/c1-3-4-11-28-21-14-20-9-10-22(25(27)24(20)23(26)15-21)19-8-7-17-12-16(2)5-6-18(17)13-19/h3-4,9-10,14-19H,5-8,11-13H2,1-2H3. The largest absolute Gasteiger partial charge is 0.489 e. The molecule has 2 saturated carbocycles. The summed E-state index contributed by atoms with van der Waals surface area (Å²) >= 11 is 0. The highest BCUT2D eigenvalue weighted by Crippen LogP contribution is 2.48. The maximum atomic E-state index is 15.3. The zero-order valence-corrected chi connectivity index (χ0v) is 16.9. The normalized spacial score (nSPS) is 27.9. The van der Waals surface area contributed by atoms with Crippen LogP contribution in [-0.2, 0) is 0 Å². The van der Waals surface area contributed by atoms with Gasteiger partial charge in [0.25, 0.3) is 0 Å². The molecule has 0 aliphatic heterocycles. The van der Waals surface area contributed by atoms with E-state index in [9.17, 15) is 4.39 Å². The van der Waals surface area contributed by atoms with Crippen LogP contribution < -0.4 is 4.74 Å². The summed E-state index contributed by atoms with van der Waals surface area (Å²) in [5.41, 5.74) is 0.700. The molecular weight excluding hydrogens is 354 g/mol. The summed E-state index contributed by atoms with van der Waals surface area (Å²) in [4.78, 5) is 0. The second-order valence-electron chi connectivity index (χ2n) is 8.80. The second-order valence-corrected chi connectivity index (χ2v) is 8.80. The van der Waals surface area contributed by atoms with E-state index in [2.05, 4.69) is 6.92 Å². The van der Waals surface area contributed by atoms with Crippen LogP contribution in [0.2, 0.25) is 0 Å². The highest BCUT2D eigenvalue weighted by atomic mass is 19.1. The molecule has 2 aliphatic rings. The summed E-state index contributed by atoms with van der Waals surface area (Å²) in [6.07, 6.45) is 10.9. The lowest BCUT2D eigenvalue weighted by atomic mass is 9.64. The van der Waals surface area contributed by atoms with Crippen LogP contribution in [-0.4, -0.2) is 6.61 Å². The molecule has 0 amide bonds. The van der Waals surface area contributed by atoms with Crippen LogP contribution in [0.1, 0.15) is 63.9 Å². The van der Waals surface area contributed by atoms with Gasteiger partial charge in [-0.15, -0.1) is 0 Å². The molecule has 0 spiro atoms. The molecule has 28 heavy (non-hydrogen) atoms. The summed E-state index contributed by atoms with van der Waals surface area (Å²) in [7, 11) is 0. The molecule has 0 N–H and O–H groups in total. The monoisotopic (exact) mass is 384 g/mol. The summed E-state index contributed by atoms with van der Waals surface area (Å²) < 4.78 is 35.6. The third-order valence-electron chi connectivity index (χ3n) is 6.91. The lowest BCUT2D eigenvalue weighted by Gasteiger charge is -2.41. The first-order chi connectivity index (χ1) is 13.6. The van der Waals surface area contributed by atoms with Crippen molar-refractivity contribution < 1.29 is 13.5 Å². The summed E-state index contributed by atoms with van der Waals surface area (Å²) in [6, 6.07) is 6.77. The van der Waals surface area contributed by atoms with Gasteiger partial charge in [-0.3, -0.25) is 0 Å². The number of rotatable bonds is 4. The minimum atomic E-state index is -0.535. The van der Waals surface area contributed by atoms with E-state index < -0.39 is 5.82 Å². The number of allylic oxidation sites excluding steroid dienone is 1. The molecule has 4 unspecified atom stereocenters. The van der Waals surface area contributed by atoms with Gasteiger partial charge < -0.3 is 4.74 Å². The van der Waals surface area contributed by atoms with Gasteiger partial charge in [-0.2, -0.15) is 0 Å². The maximum absolute atomic E-state index is 15.3. The molecule has 2 fully saturated rings. The minimum Gasteiger partial charge on any atom is -0.489 e. The smallest absolute Gasteiger partial charge is 0.137 e. The van der Waals surface area contributed by atoms with Crippen LogP contribution in [0.4, 0.5) is 8.78 Å². The summed E-state index contributed by atoms with van der Waals surface area (Å²) in [6.45, 7) is 4.64. The third kappa shape index (κ3) is 3.81. The molecule has 0 radical (unpaired) electrons. The predicted octanol–water partition coefficient (Wildman–Crippen LogP) is 7.39. The van der Waals surface area contributed by atoms with E-state index in [1.54, 1.807) is 6.07 Å². The minimum absolute atomic E-state index is 0.107. The van der Waals surface area contributed by atoms with Crippen molar-refractivity contribution in [2.24, 2.45) is 17.8 Å². The number of benzene rings is 2. The second kappa shape index (κ2) is 8.23. The van der Waals surface area contributed by atoms with Crippen LogP contribution in [0.3, 0.4) is 0 Å². The lowest BCUT2D eigenvalue weighted by Crippen LogP contribution is -2.29. The van der Waals surface area contributed by atoms with Crippen molar-refractivity contribution in [3.05, 3.63) is 53.6 Å². The Morgan fingerprint density at radius 1 is 1.04 bits per heavy atom. The van der Waals surface area contributed by atoms with Crippen molar-refractivity contribution in [1.29, 1.82) is 0 Å². The van der Waals surface area contributed by atoms with Gasteiger partial charge in [0.2, 0.25) is 0 Å². The Hall–Kier alpha value is -1.90. The average molecular weight is 385 g/mol. The lowest BCUT2D eigenvalue weighted by molar-refractivity contribution is 0.124. The van der Waals surface area contributed by atoms with Crippen molar-refractivity contribution in [2.75, 3.05) is 6.61 Å². The van der Waals surface area contributed by atoms with E-state index in [1.165, 1.54) is 31.7 Å². The number of fused-ring (bicyclic) bond motifs is 2. The molecular formula is C25H30F2O. The van der Waals surface area contributed by atoms with Gasteiger partial charge in [0.05, 0.1) is 5.39 Å². The maximum Gasteiger partial charge on any atom is 0.137 e. The fraction of sp³-hybridized carbons (Fsp3) is 0.520. The van der Waals surface area contributed by atoms with Gasteiger partial charge in [-0.25, -0.2) is 8.78 Å². The van der Waals surface area contributed by atoms with Crippen LogP contribution in [0, 0.1) is 29.4 Å². The highest BCUT2D eigenvalue weighted by molar-refractivity contribution is 5.86. The molecule has 2 aliphatic carbocycles. The molecule has 4 rings (SSSR count). The molecule has 2 aromatic carbocycles. The third-order valence-corrected chi connectivity index (χ3v) is 6.91.